The highest BCUT2D eigenvalue weighted by molar-refractivity contribution is 6.00. The second kappa shape index (κ2) is 8.33. The average molecular weight is 322 g/mol. The molecule has 122 valence electrons. The van der Waals surface area contributed by atoms with E-state index in [-0.39, 0.29) is 5.70 Å². The number of hydrogen-bond acceptors (Lipinski definition) is 4. The molecule has 0 radical (unpaired) electrons. The van der Waals surface area contributed by atoms with Crippen LogP contribution in [-0.4, -0.2) is 19.0 Å². The van der Waals surface area contributed by atoms with Crippen LogP contribution in [0.15, 0.2) is 66.4 Å². The van der Waals surface area contributed by atoms with E-state index < -0.39 is 11.9 Å². The summed E-state index contributed by atoms with van der Waals surface area (Å²) in [4.78, 5) is 23.1. The van der Waals surface area contributed by atoms with Crippen LogP contribution < -0.4 is 15.2 Å². The highest BCUT2D eigenvalue weighted by Gasteiger charge is 2.03. The number of carbonyl (C=O) groups is 2. The van der Waals surface area contributed by atoms with Crippen molar-refractivity contribution in [1.29, 1.82) is 0 Å². The smallest absolute Gasteiger partial charge is 0.248 e. The van der Waals surface area contributed by atoms with E-state index in [1.54, 1.807) is 30.3 Å². The van der Waals surface area contributed by atoms with E-state index in [0.29, 0.717) is 11.3 Å². The van der Waals surface area contributed by atoms with Gasteiger partial charge in [0.1, 0.15) is 5.75 Å². The minimum absolute atomic E-state index is 0.317. The molecule has 0 saturated carbocycles. The fourth-order valence-corrected chi connectivity index (χ4v) is 1.92. The largest absolute Gasteiger partial charge is 0.543 e. The Bertz CT molecular complexity index is 762. The molecule has 2 aromatic rings. The van der Waals surface area contributed by atoms with Gasteiger partial charge in [-0.3, -0.25) is 4.79 Å². The van der Waals surface area contributed by atoms with Crippen LogP contribution in [0, 0.1) is 0 Å². The summed E-state index contributed by atoms with van der Waals surface area (Å²) in [6, 6.07) is 15.9. The summed E-state index contributed by atoms with van der Waals surface area (Å²) in [6.07, 6.45) is 4.18. The summed E-state index contributed by atoms with van der Waals surface area (Å²) >= 11 is 0. The summed E-state index contributed by atoms with van der Waals surface area (Å²) in [5.41, 5.74) is 1.12. The number of ether oxygens (including phenoxy) is 1. The molecule has 0 aliphatic rings. The van der Waals surface area contributed by atoms with Gasteiger partial charge in [0.05, 0.1) is 18.8 Å². The molecular weight excluding hydrogens is 306 g/mol. The molecule has 0 atom stereocenters. The highest BCUT2D eigenvalue weighted by atomic mass is 16.5. The van der Waals surface area contributed by atoms with E-state index in [9.17, 15) is 14.7 Å². The van der Waals surface area contributed by atoms with Gasteiger partial charge in [0, 0.05) is 6.08 Å². The zero-order valence-electron chi connectivity index (χ0n) is 13.1. The van der Waals surface area contributed by atoms with Gasteiger partial charge in [-0.1, -0.05) is 42.5 Å². The van der Waals surface area contributed by atoms with Crippen LogP contribution >= 0.6 is 0 Å². The monoisotopic (exact) mass is 322 g/mol. The Morgan fingerprint density at radius 3 is 2.25 bits per heavy atom. The number of rotatable bonds is 6. The molecule has 0 aliphatic heterocycles. The molecule has 5 nitrogen and oxygen atoms in total. The predicted molar refractivity (Wildman–Crippen MR) is 89.6 cm³/mol. The molecule has 2 aromatic carbocycles. The van der Waals surface area contributed by atoms with Crippen molar-refractivity contribution in [3.05, 3.63) is 77.5 Å². The first-order valence-corrected chi connectivity index (χ1v) is 7.19. The molecule has 0 aliphatic carbocycles. The standard InChI is InChI=1S/C19H17NO4/c1-24-16-10-7-15(8-11-16)13-17(19(22)23)20-18(21)12-9-14-5-3-2-4-6-14/h2-13H,1H3,(H,20,21)(H,22,23)/p-1/b12-9+,17-13-. The number of benzene rings is 2. The normalized spacial score (nSPS) is 11.3. The van der Waals surface area contributed by atoms with Crippen LogP contribution in [0.5, 0.6) is 5.75 Å². The lowest BCUT2D eigenvalue weighted by Gasteiger charge is -2.09. The molecule has 24 heavy (non-hydrogen) atoms. The number of amides is 1. The van der Waals surface area contributed by atoms with E-state index in [1.165, 1.54) is 19.3 Å². The van der Waals surface area contributed by atoms with Gasteiger partial charge in [-0.25, -0.2) is 0 Å². The zero-order valence-corrected chi connectivity index (χ0v) is 13.1. The third-order valence-corrected chi connectivity index (χ3v) is 3.13. The minimum Gasteiger partial charge on any atom is -0.543 e. The van der Waals surface area contributed by atoms with E-state index in [1.807, 2.05) is 30.3 Å². The second-order valence-electron chi connectivity index (χ2n) is 4.85. The first-order chi connectivity index (χ1) is 11.6. The lowest BCUT2D eigenvalue weighted by Crippen LogP contribution is -2.34. The van der Waals surface area contributed by atoms with Crippen LogP contribution in [0.4, 0.5) is 0 Å². The Hall–Kier alpha value is -3.34. The topological polar surface area (TPSA) is 78.5 Å². The molecular formula is C19H16NO4-. The lowest BCUT2D eigenvalue weighted by atomic mass is 10.2. The molecule has 5 heteroatoms. The van der Waals surface area contributed by atoms with E-state index in [2.05, 4.69) is 5.32 Å². The Morgan fingerprint density at radius 1 is 1.00 bits per heavy atom. The van der Waals surface area contributed by atoms with Crippen LogP contribution in [-0.2, 0) is 9.59 Å². The summed E-state index contributed by atoms with van der Waals surface area (Å²) in [5, 5.41) is 13.5. The van der Waals surface area contributed by atoms with E-state index in [0.717, 1.165) is 5.56 Å². The van der Waals surface area contributed by atoms with E-state index in [4.69, 9.17) is 4.74 Å². The van der Waals surface area contributed by atoms with Crippen LogP contribution in [0.1, 0.15) is 11.1 Å². The predicted octanol–water partition coefficient (Wildman–Crippen LogP) is 1.62. The van der Waals surface area contributed by atoms with Crippen molar-refractivity contribution in [2.75, 3.05) is 7.11 Å². The van der Waals surface area contributed by atoms with Crippen molar-refractivity contribution < 1.29 is 19.4 Å². The number of carbonyl (C=O) groups excluding carboxylic acids is 2. The number of nitrogens with one attached hydrogen (secondary N) is 1. The van der Waals surface area contributed by atoms with Crippen LogP contribution in [0.2, 0.25) is 0 Å². The molecule has 1 N–H and O–H groups in total. The molecule has 0 fully saturated rings. The van der Waals surface area contributed by atoms with Crippen molar-refractivity contribution in [1.82, 2.24) is 5.32 Å². The van der Waals surface area contributed by atoms with Crippen molar-refractivity contribution in [3.63, 3.8) is 0 Å². The third kappa shape index (κ3) is 5.14. The van der Waals surface area contributed by atoms with Crippen molar-refractivity contribution in [2.24, 2.45) is 0 Å². The Kier molecular flexibility index (Phi) is 5.91. The van der Waals surface area contributed by atoms with Gasteiger partial charge in [-0.15, -0.1) is 0 Å². The number of methoxy groups -OCH3 is 1. The third-order valence-electron chi connectivity index (χ3n) is 3.13. The van der Waals surface area contributed by atoms with Crippen LogP contribution in [0.25, 0.3) is 12.2 Å². The van der Waals surface area contributed by atoms with Gasteiger partial charge in [0.2, 0.25) is 5.91 Å². The molecule has 0 bridgehead atoms. The van der Waals surface area contributed by atoms with Crippen LogP contribution in [0.3, 0.4) is 0 Å². The van der Waals surface area contributed by atoms with Crippen molar-refractivity contribution in [3.8, 4) is 5.75 Å². The first kappa shape index (κ1) is 17.0. The SMILES string of the molecule is COc1ccc(/C=C(\NC(=O)/C=C/c2ccccc2)C(=O)[O-])cc1. The number of carboxylic acids is 1. The molecule has 0 aromatic heterocycles. The molecule has 0 unspecified atom stereocenters. The minimum atomic E-state index is -1.47. The fraction of sp³-hybridized carbons (Fsp3) is 0.0526. The van der Waals surface area contributed by atoms with Gasteiger partial charge in [0.15, 0.2) is 0 Å². The van der Waals surface area contributed by atoms with Crippen molar-refractivity contribution in [2.45, 2.75) is 0 Å². The lowest BCUT2D eigenvalue weighted by molar-refractivity contribution is -0.299. The van der Waals surface area contributed by atoms with Gasteiger partial charge >= 0.3 is 0 Å². The number of hydrogen-bond donors (Lipinski definition) is 1. The Morgan fingerprint density at radius 2 is 1.67 bits per heavy atom. The van der Waals surface area contributed by atoms with Gasteiger partial charge in [-0.05, 0) is 35.4 Å². The maximum absolute atomic E-state index is 11.9. The summed E-state index contributed by atoms with van der Waals surface area (Å²) in [6.45, 7) is 0. The number of aliphatic carboxylic acids is 1. The summed E-state index contributed by atoms with van der Waals surface area (Å²) < 4.78 is 5.03. The molecule has 2 rings (SSSR count). The quantitative estimate of drug-likeness (QED) is 0.820. The van der Waals surface area contributed by atoms with Gasteiger partial charge in [0.25, 0.3) is 0 Å². The maximum Gasteiger partial charge on any atom is 0.248 e. The second-order valence-corrected chi connectivity index (χ2v) is 4.85. The molecule has 0 saturated heterocycles. The number of carboxylic acid groups (broad SMARTS) is 1. The molecule has 0 spiro atoms. The van der Waals surface area contributed by atoms with Gasteiger partial charge < -0.3 is 20.0 Å². The molecule has 0 heterocycles. The maximum atomic E-state index is 11.9. The highest BCUT2D eigenvalue weighted by Crippen LogP contribution is 2.13. The first-order valence-electron chi connectivity index (χ1n) is 7.19. The molecule has 1 amide bonds. The van der Waals surface area contributed by atoms with Crippen molar-refractivity contribution >= 4 is 24.0 Å². The fourth-order valence-electron chi connectivity index (χ4n) is 1.92. The van der Waals surface area contributed by atoms with Gasteiger partial charge in [-0.2, -0.15) is 0 Å². The van der Waals surface area contributed by atoms with E-state index >= 15 is 0 Å². The Balaban J connectivity index is 2.10. The summed E-state index contributed by atoms with van der Waals surface area (Å²) in [7, 11) is 1.54. The summed E-state index contributed by atoms with van der Waals surface area (Å²) in [5.74, 6) is -1.37. The Labute approximate surface area is 139 Å². The zero-order chi connectivity index (χ0) is 17.4. The average Bonchev–Trinajstić information content (AvgIpc) is 2.61.